The molecular formula is C13H18ClNO2. The molecule has 1 unspecified atom stereocenters. The summed E-state index contributed by atoms with van der Waals surface area (Å²) in [6, 6.07) is 7.31. The van der Waals surface area contributed by atoms with Gasteiger partial charge in [0.05, 0.1) is 6.61 Å². The normalized spacial score (nSPS) is 12.2. The SMILES string of the molecule is CCOCC(C)NC(=O)c1cccc(CCl)c1. The average Bonchev–Trinajstić information content (AvgIpc) is 2.36. The summed E-state index contributed by atoms with van der Waals surface area (Å²) < 4.78 is 5.24. The lowest BCUT2D eigenvalue weighted by molar-refractivity contribution is 0.0872. The van der Waals surface area contributed by atoms with Gasteiger partial charge in [0.25, 0.3) is 5.91 Å². The van der Waals surface area contributed by atoms with E-state index in [0.29, 0.717) is 24.7 Å². The van der Waals surface area contributed by atoms with Crippen molar-refractivity contribution in [3.63, 3.8) is 0 Å². The molecule has 1 amide bonds. The van der Waals surface area contributed by atoms with Crippen molar-refractivity contribution in [1.82, 2.24) is 5.32 Å². The highest BCUT2D eigenvalue weighted by atomic mass is 35.5. The number of rotatable bonds is 6. The summed E-state index contributed by atoms with van der Waals surface area (Å²) in [4.78, 5) is 11.9. The Morgan fingerprint density at radius 2 is 2.29 bits per heavy atom. The van der Waals surface area contributed by atoms with Gasteiger partial charge in [-0.2, -0.15) is 0 Å². The number of ether oxygens (including phenoxy) is 1. The second-order valence-corrected chi connectivity index (χ2v) is 4.14. The summed E-state index contributed by atoms with van der Waals surface area (Å²) in [7, 11) is 0. The third-order valence-electron chi connectivity index (χ3n) is 2.29. The molecule has 1 atom stereocenters. The van der Waals surface area contributed by atoms with Crippen LogP contribution in [0.5, 0.6) is 0 Å². The van der Waals surface area contributed by atoms with Crippen molar-refractivity contribution >= 4 is 17.5 Å². The first-order valence-corrected chi connectivity index (χ1v) is 6.24. The van der Waals surface area contributed by atoms with Gasteiger partial charge in [0.15, 0.2) is 0 Å². The number of hydrogen-bond donors (Lipinski definition) is 1. The maximum Gasteiger partial charge on any atom is 0.251 e. The molecule has 1 aromatic carbocycles. The Kier molecular flexibility index (Phi) is 6.01. The maximum atomic E-state index is 11.9. The van der Waals surface area contributed by atoms with Gasteiger partial charge in [-0.05, 0) is 31.5 Å². The van der Waals surface area contributed by atoms with Crippen LogP contribution in [0.25, 0.3) is 0 Å². The van der Waals surface area contributed by atoms with Gasteiger partial charge < -0.3 is 10.1 Å². The third-order valence-corrected chi connectivity index (χ3v) is 2.60. The third kappa shape index (κ3) is 4.75. The van der Waals surface area contributed by atoms with E-state index in [1.807, 2.05) is 26.0 Å². The van der Waals surface area contributed by atoms with E-state index >= 15 is 0 Å². The van der Waals surface area contributed by atoms with Crippen LogP contribution in [-0.2, 0) is 10.6 Å². The molecule has 17 heavy (non-hydrogen) atoms. The Morgan fingerprint density at radius 3 is 2.94 bits per heavy atom. The first kappa shape index (κ1) is 14.0. The first-order valence-electron chi connectivity index (χ1n) is 5.71. The lowest BCUT2D eigenvalue weighted by Crippen LogP contribution is -2.35. The molecule has 0 spiro atoms. The standard InChI is InChI=1S/C13H18ClNO2/c1-3-17-9-10(2)15-13(16)12-6-4-5-11(7-12)8-14/h4-7,10H,3,8-9H2,1-2H3,(H,15,16). The summed E-state index contributed by atoms with van der Waals surface area (Å²) in [6.07, 6.45) is 0. The van der Waals surface area contributed by atoms with Crippen LogP contribution in [0.15, 0.2) is 24.3 Å². The van der Waals surface area contributed by atoms with Crippen LogP contribution in [-0.4, -0.2) is 25.2 Å². The molecule has 1 rings (SSSR count). The van der Waals surface area contributed by atoms with Crippen molar-refractivity contribution in [1.29, 1.82) is 0 Å². The topological polar surface area (TPSA) is 38.3 Å². The number of halogens is 1. The van der Waals surface area contributed by atoms with Crippen molar-refractivity contribution in [2.45, 2.75) is 25.8 Å². The Bertz CT molecular complexity index is 368. The van der Waals surface area contributed by atoms with Gasteiger partial charge >= 0.3 is 0 Å². The van der Waals surface area contributed by atoms with Gasteiger partial charge in [-0.3, -0.25) is 4.79 Å². The number of nitrogens with one attached hydrogen (secondary N) is 1. The summed E-state index contributed by atoms with van der Waals surface area (Å²) in [6.45, 7) is 5.02. The number of alkyl halides is 1. The van der Waals surface area contributed by atoms with E-state index in [1.54, 1.807) is 12.1 Å². The number of carbonyl (C=O) groups is 1. The molecule has 1 aromatic rings. The molecule has 0 aromatic heterocycles. The zero-order valence-electron chi connectivity index (χ0n) is 10.2. The van der Waals surface area contributed by atoms with Crippen molar-refractivity contribution in [2.24, 2.45) is 0 Å². The second-order valence-electron chi connectivity index (χ2n) is 3.87. The number of amides is 1. The van der Waals surface area contributed by atoms with Crippen molar-refractivity contribution in [3.8, 4) is 0 Å². The molecule has 0 saturated carbocycles. The molecule has 0 aliphatic carbocycles. The minimum Gasteiger partial charge on any atom is -0.380 e. The predicted octanol–water partition coefficient (Wildman–Crippen LogP) is 2.58. The van der Waals surface area contributed by atoms with Gasteiger partial charge in [-0.1, -0.05) is 12.1 Å². The number of benzene rings is 1. The summed E-state index contributed by atoms with van der Waals surface area (Å²) in [5.74, 6) is 0.319. The molecule has 0 bridgehead atoms. The largest absolute Gasteiger partial charge is 0.380 e. The van der Waals surface area contributed by atoms with E-state index in [2.05, 4.69) is 5.32 Å². The van der Waals surface area contributed by atoms with Crippen LogP contribution in [0.1, 0.15) is 29.8 Å². The molecule has 0 aliphatic rings. The van der Waals surface area contributed by atoms with E-state index in [4.69, 9.17) is 16.3 Å². The van der Waals surface area contributed by atoms with Crippen LogP contribution >= 0.6 is 11.6 Å². The minimum absolute atomic E-state index is 0.00195. The van der Waals surface area contributed by atoms with E-state index in [-0.39, 0.29) is 11.9 Å². The van der Waals surface area contributed by atoms with Crippen LogP contribution in [0.4, 0.5) is 0 Å². The number of carbonyl (C=O) groups excluding carboxylic acids is 1. The molecule has 0 heterocycles. The molecule has 4 heteroatoms. The molecule has 0 saturated heterocycles. The highest BCUT2D eigenvalue weighted by Crippen LogP contribution is 2.08. The molecule has 0 radical (unpaired) electrons. The number of hydrogen-bond acceptors (Lipinski definition) is 2. The van der Waals surface area contributed by atoms with Crippen LogP contribution in [0, 0.1) is 0 Å². The van der Waals surface area contributed by atoms with Gasteiger partial charge in [0, 0.05) is 24.1 Å². The fourth-order valence-electron chi connectivity index (χ4n) is 1.44. The summed E-state index contributed by atoms with van der Waals surface area (Å²) >= 11 is 5.73. The lowest BCUT2D eigenvalue weighted by Gasteiger charge is -2.13. The highest BCUT2D eigenvalue weighted by Gasteiger charge is 2.09. The van der Waals surface area contributed by atoms with Gasteiger partial charge in [0.2, 0.25) is 0 Å². The lowest BCUT2D eigenvalue weighted by atomic mass is 10.1. The van der Waals surface area contributed by atoms with Crippen LogP contribution < -0.4 is 5.32 Å². The summed E-state index contributed by atoms with van der Waals surface area (Å²) in [5, 5.41) is 2.88. The average molecular weight is 256 g/mol. The predicted molar refractivity (Wildman–Crippen MR) is 69.4 cm³/mol. The zero-order chi connectivity index (χ0) is 12.7. The first-order chi connectivity index (χ1) is 8.17. The Balaban J connectivity index is 2.56. The molecule has 1 N–H and O–H groups in total. The van der Waals surface area contributed by atoms with Crippen molar-refractivity contribution in [3.05, 3.63) is 35.4 Å². The van der Waals surface area contributed by atoms with E-state index in [0.717, 1.165) is 5.56 Å². The molecule has 3 nitrogen and oxygen atoms in total. The zero-order valence-corrected chi connectivity index (χ0v) is 11.0. The molecule has 0 fully saturated rings. The molecular weight excluding hydrogens is 238 g/mol. The fourth-order valence-corrected chi connectivity index (χ4v) is 1.61. The molecule has 0 aliphatic heterocycles. The Labute approximate surface area is 107 Å². The van der Waals surface area contributed by atoms with Crippen LogP contribution in [0.2, 0.25) is 0 Å². The van der Waals surface area contributed by atoms with Crippen molar-refractivity contribution in [2.75, 3.05) is 13.2 Å². The highest BCUT2D eigenvalue weighted by molar-refractivity contribution is 6.17. The van der Waals surface area contributed by atoms with Gasteiger partial charge in [0.1, 0.15) is 0 Å². The minimum atomic E-state index is -0.0934. The Hall–Kier alpha value is -1.06. The summed E-state index contributed by atoms with van der Waals surface area (Å²) in [5.41, 5.74) is 1.57. The van der Waals surface area contributed by atoms with Crippen LogP contribution in [0.3, 0.4) is 0 Å². The molecule has 94 valence electrons. The van der Waals surface area contributed by atoms with Gasteiger partial charge in [-0.15, -0.1) is 11.6 Å². The maximum absolute atomic E-state index is 11.9. The van der Waals surface area contributed by atoms with E-state index in [9.17, 15) is 4.79 Å². The second kappa shape index (κ2) is 7.30. The smallest absolute Gasteiger partial charge is 0.251 e. The van der Waals surface area contributed by atoms with E-state index < -0.39 is 0 Å². The monoisotopic (exact) mass is 255 g/mol. The Morgan fingerprint density at radius 1 is 1.53 bits per heavy atom. The van der Waals surface area contributed by atoms with Crippen molar-refractivity contribution < 1.29 is 9.53 Å². The van der Waals surface area contributed by atoms with Gasteiger partial charge in [-0.25, -0.2) is 0 Å². The van der Waals surface area contributed by atoms with E-state index in [1.165, 1.54) is 0 Å². The fraction of sp³-hybridized carbons (Fsp3) is 0.462. The quantitative estimate of drug-likeness (QED) is 0.794.